The Balaban J connectivity index is 2.26. The summed E-state index contributed by atoms with van der Waals surface area (Å²) < 4.78 is 49.8. The zero-order chi connectivity index (χ0) is 19.1. The van der Waals surface area contributed by atoms with E-state index in [0.29, 0.717) is 28.0 Å². The molecule has 2 N–H and O–H groups in total. The smallest absolute Gasteiger partial charge is 0.433 e. The summed E-state index contributed by atoms with van der Waals surface area (Å²) in [4.78, 5) is 15.4. The minimum absolute atomic E-state index is 0.0273. The van der Waals surface area contributed by atoms with Gasteiger partial charge in [-0.05, 0) is 37.3 Å². The van der Waals surface area contributed by atoms with E-state index in [4.69, 9.17) is 14.9 Å². The molecular formula is C18H15F3N2O3. The van der Waals surface area contributed by atoms with Crippen LogP contribution in [-0.2, 0) is 12.7 Å². The minimum Gasteiger partial charge on any atom is -0.494 e. The average molecular weight is 364 g/mol. The van der Waals surface area contributed by atoms with Gasteiger partial charge in [0.1, 0.15) is 28.5 Å². The normalized spacial score (nSPS) is 11.8. The number of Topliss-reactive ketones (excluding diaryl/α,β-unsaturated/α-hetero) is 1. The Morgan fingerprint density at radius 2 is 2.00 bits per heavy atom. The summed E-state index contributed by atoms with van der Waals surface area (Å²) in [7, 11) is 1.35. The van der Waals surface area contributed by atoms with Crippen molar-refractivity contribution in [3.05, 3.63) is 47.3 Å². The third-order valence-electron chi connectivity index (χ3n) is 3.97. The third kappa shape index (κ3) is 3.03. The molecule has 26 heavy (non-hydrogen) atoms. The number of fused-ring (bicyclic) bond motifs is 1. The first-order valence-corrected chi connectivity index (χ1v) is 7.65. The number of ketones is 1. The summed E-state index contributed by atoms with van der Waals surface area (Å²) in [5.41, 5.74) is 5.46. The van der Waals surface area contributed by atoms with Crippen LogP contribution in [0.15, 0.2) is 34.7 Å². The number of nitrogens with zero attached hydrogens (tertiary/aromatic N) is 1. The maximum Gasteiger partial charge on any atom is 0.433 e. The lowest BCUT2D eigenvalue weighted by Gasteiger charge is -2.11. The molecule has 8 heteroatoms. The van der Waals surface area contributed by atoms with E-state index in [1.54, 1.807) is 6.07 Å². The zero-order valence-corrected chi connectivity index (χ0v) is 14.0. The van der Waals surface area contributed by atoms with Crippen LogP contribution in [0.1, 0.15) is 28.7 Å². The number of hydrogen-bond donors (Lipinski definition) is 1. The highest BCUT2D eigenvalue weighted by Crippen LogP contribution is 2.37. The minimum atomic E-state index is -4.57. The fraction of sp³-hybridized carbons (Fsp3) is 0.222. The SMILES string of the molecule is COc1ccc(-c2cc(C(C)=O)c(CN)o2)c2ccc(C(F)(F)F)nc12. The number of ether oxygens (including phenoxy) is 1. The molecule has 0 atom stereocenters. The summed E-state index contributed by atoms with van der Waals surface area (Å²) >= 11 is 0. The van der Waals surface area contributed by atoms with Crippen molar-refractivity contribution < 1.29 is 27.1 Å². The highest BCUT2D eigenvalue weighted by atomic mass is 19.4. The fourth-order valence-electron chi connectivity index (χ4n) is 2.74. The number of alkyl halides is 3. The molecule has 1 aromatic carbocycles. The van der Waals surface area contributed by atoms with Gasteiger partial charge in [0, 0.05) is 10.9 Å². The number of carbonyl (C=O) groups is 1. The lowest BCUT2D eigenvalue weighted by atomic mass is 10.0. The Morgan fingerprint density at radius 3 is 2.54 bits per heavy atom. The molecule has 0 radical (unpaired) electrons. The van der Waals surface area contributed by atoms with Crippen molar-refractivity contribution in [1.82, 2.24) is 4.98 Å². The largest absolute Gasteiger partial charge is 0.494 e. The number of carbonyl (C=O) groups excluding carboxylic acids is 1. The number of hydrogen-bond acceptors (Lipinski definition) is 5. The number of halogens is 3. The van der Waals surface area contributed by atoms with Gasteiger partial charge in [0.25, 0.3) is 0 Å². The topological polar surface area (TPSA) is 78.4 Å². The van der Waals surface area contributed by atoms with E-state index in [-0.39, 0.29) is 23.6 Å². The van der Waals surface area contributed by atoms with E-state index >= 15 is 0 Å². The molecule has 0 bridgehead atoms. The van der Waals surface area contributed by atoms with Crippen LogP contribution in [0.25, 0.3) is 22.2 Å². The summed E-state index contributed by atoms with van der Waals surface area (Å²) in [6, 6.07) is 6.87. The molecule has 136 valence electrons. The lowest BCUT2D eigenvalue weighted by molar-refractivity contribution is -0.140. The third-order valence-corrected chi connectivity index (χ3v) is 3.97. The first-order chi connectivity index (χ1) is 12.3. The Bertz CT molecular complexity index is 993. The van der Waals surface area contributed by atoms with Gasteiger partial charge in [-0.25, -0.2) is 4.98 Å². The van der Waals surface area contributed by atoms with Crippen LogP contribution in [0.2, 0.25) is 0 Å². The van der Waals surface area contributed by atoms with Crippen LogP contribution in [-0.4, -0.2) is 17.9 Å². The molecule has 2 heterocycles. The van der Waals surface area contributed by atoms with Crippen LogP contribution in [0, 0.1) is 0 Å². The Labute approximate surface area is 146 Å². The van der Waals surface area contributed by atoms with Crippen molar-refractivity contribution in [3.8, 4) is 17.1 Å². The second-order valence-corrected chi connectivity index (χ2v) is 5.61. The van der Waals surface area contributed by atoms with E-state index in [2.05, 4.69) is 4.98 Å². The Morgan fingerprint density at radius 1 is 1.27 bits per heavy atom. The van der Waals surface area contributed by atoms with Gasteiger partial charge in [-0.2, -0.15) is 13.2 Å². The molecule has 5 nitrogen and oxygen atoms in total. The first kappa shape index (κ1) is 17.9. The van der Waals surface area contributed by atoms with Crippen molar-refractivity contribution in [3.63, 3.8) is 0 Å². The van der Waals surface area contributed by atoms with Gasteiger partial charge in [0.05, 0.1) is 19.2 Å². The van der Waals surface area contributed by atoms with E-state index in [1.165, 1.54) is 32.2 Å². The van der Waals surface area contributed by atoms with E-state index < -0.39 is 11.9 Å². The van der Waals surface area contributed by atoms with Gasteiger partial charge in [-0.3, -0.25) is 4.79 Å². The van der Waals surface area contributed by atoms with Gasteiger partial charge < -0.3 is 14.9 Å². The molecule has 2 aromatic heterocycles. The molecular weight excluding hydrogens is 349 g/mol. The standard InChI is InChI=1S/C18H15F3N2O3/c1-9(24)12-7-14(26-15(12)8-22)10-3-5-13(25-2)17-11(10)4-6-16(23-17)18(19,20)21/h3-7H,8,22H2,1-2H3. The molecule has 3 aromatic rings. The molecule has 0 saturated carbocycles. The number of nitrogens with two attached hydrogens (primary N) is 1. The number of rotatable bonds is 4. The number of aromatic nitrogens is 1. The fourth-order valence-corrected chi connectivity index (χ4v) is 2.74. The summed E-state index contributed by atoms with van der Waals surface area (Å²) in [6.45, 7) is 1.41. The maximum absolute atomic E-state index is 13.0. The first-order valence-electron chi connectivity index (χ1n) is 7.65. The summed E-state index contributed by atoms with van der Waals surface area (Å²) in [5.74, 6) is 0.629. The molecule has 3 rings (SSSR count). The monoisotopic (exact) mass is 364 g/mol. The number of furan rings is 1. The molecule has 0 spiro atoms. The second-order valence-electron chi connectivity index (χ2n) is 5.61. The molecule has 0 amide bonds. The van der Waals surface area contributed by atoms with Gasteiger partial charge in [-0.1, -0.05) is 0 Å². The highest BCUT2D eigenvalue weighted by molar-refractivity contribution is 6.00. The van der Waals surface area contributed by atoms with Crippen molar-refractivity contribution >= 4 is 16.7 Å². The van der Waals surface area contributed by atoms with E-state index in [0.717, 1.165) is 6.07 Å². The van der Waals surface area contributed by atoms with Crippen LogP contribution in [0.5, 0.6) is 5.75 Å². The number of pyridine rings is 1. The predicted molar refractivity (Wildman–Crippen MR) is 88.9 cm³/mol. The highest BCUT2D eigenvalue weighted by Gasteiger charge is 2.33. The summed E-state index contributed by atoms with van der Waals surface area (Å²) in [5, 5.41) is 0.407. The molecule has 0 fully saturated rings. The molecule has 0 aliphatic rings. The van der Waals surface area contributed by atoms with Gasteiger partial charge >= 0.3 is 6.18 Å². The van der Waals surface area contributed by atoms with Crippen LogP contribution in [0.4, 0.5) is 13.2 Å². The van der Waals surface area contributed by atoms with Gasteiger partial charge in [-0.15, -0.1) is 0 Å². The second kappa shape index (κ2) is 6.45. The average Bonchev–Trinajstić information content (AvgIpc) is 3.04. The Kier molecular flexibility index (Phi) is 4.45. The van der Waals surface area contributed by atoms with Crippen molar-refractivity contribution in [2.45, 2.75) is 19.6 Å². The molecule has 0 aliphatic heterocycles. The van der Waals surface area contributed by atoms with E-state index in [9.17, 15) is 18.0 Å². The number of methoxy groups -OCH3 is 1. The zero-order valence-electron chi connectivity index (χ0n) is 14.0. The predicted octanol–water partition coefficient (Wildman–Crippen LogP) is 4.18. The lowest BCUT2D eigenvalue weighted by Crippen LogP contribution is -2.08. The van der Waals surface area contributed by atoms with Gasteiger partial charge in [0.2, 0.25) is 0 Å². The Hall–Kier alpha value is -2.87. The quantitative estimate of drug-likeness (QED) is 0.703. The maximum atomic E-state index is 13.0. The van der Waals surface area contributed by atoms with Gasteiger partial charge in [0.15, 0.2) is 5.78 Å². The van der Waals surface area contributed by atoms with Crippen molar-refractivity contribution in [2.24, 2.45) is 5.73 Å². The van der Waals surface area contributed by atoms with Crippen molar-refractivity contribution in [1.29, 1.82) is 0 Å². The van der Waals surface area contributed by atoms with Crippen LogP contribution < -0.4 is 10.5 Å². The summed E-state index contributed by atoms with van der Waals surface area (Å²) in [6.07, 6.45) is -4.57. The van der Waals surface area contributed by atoms with Crippen LogP contribution >= 0.6 is 0 Å². The van der Waals surface area contributed by atoms with E-state index in [1.807, 2.05) is 0 Å². The van der Waals surface area contributed by atoms with Crippen LogP contribution in [0.3, 0.4) is 0 Å². The molecule has 0 saturated heterocycles. The van der Waals surface area contributed by atoms with Crippen molar-refractivity contribution in [2.75, 3.05) is 7.11 Å². The number of benzene rings is 1. The molecule has 0 unspecified atom stereocenters. The molecule has 0 aliphatic carbocycles.